The van der Waals surface area contributed by atoms with E-state index in [9.17, 15) is 9.59 Å². The number of ether oxygens (including phenoxy) is 1. The largest absolute Gasteiger partial charge is 0.487 e. The number of imidazole rings is 1. The Bertz CT molecular complexity index is 1370. The van der Waals surface area contributed by atoms with E-state index in [1.807, 2.05) is 60.1 Å². The van der Waals surface area contributed by atoms with Gasteiger partial charge in [0.1, 0.15) is 18.0 Å². The molecule has 0 spiro atoms. The second-order valence-corrected chi connectivity index (χ2v) is 9.18. The third-order valence-electron chi connectivity index (χ3n) is 6.54. The van der Waals surface area contributed by atoms with Crippen molar-refractivity contribution in [2.45, 2.75) is 26.4 Å². The van der Waals surface area contributed by atoms with Gasteiger partial charge in [-0.3, -0.25) is 9.59 Å². The summed E-state index contributed by atoms with van der Waals surface area (Å²) in [5.41, 5.74) is 10.6. The third-order valence-corrected chi connectivity index (χ3v) is 6.54. The molecule has 36 heavy (non-hydrogen) atoms. The number of aromatic nitrogens is 2. The summed E-state index contributed by atoms with van der Waals surface area (Å²) >= 11 is 0. The van der Waals surface area contributed by atoms with Gasteiger partial charge in [0.25, 0.3) is 5.91 Å². The minimum Gasteiger partial charge on any atom is -0.487 e. The molecular formula is C28H29N5O3. The number of pyridine rings is 1. The minimum atomic E-state index is -0.214. The van der Waals surface area contributed by atoms with Crippen LogP contribution in [0.5, 0.6) is 5.75 Å². The van der Waals surface area contributed by atoms with E-state index in [0.717, 1.165) is 48.6 Å². The molecular weight excluding hydrogens is 454 g/mol. The highest BCUT2D eigenvalue weighted by molar-refractivity contribution is 6.04. The standard InChI is InChI=1S/C28H29N5O3/c1-19-2-11-26-30-23(17-33(26)16-19)18-36-25-9-3-21(4-10-25)28(35)31-22-5-7-24(8-6-22)32-14-12-20(13-15-32)27(29)34/h2-11,16-17,20H,12-15,18H2,1H3,(H2,29,34)(H,31,35). The van der Waals surface area contributed by atoms with E-state index in [0.29, 0.717) is 17.9 Å². The number of rotatable bonds is 7. The summed E-state index contributed by atoms with van der Waals surface area (Å²) < 4.78 is 7.84. The van der Waals surface area contributed by atoms with Crippen molar-refractivity contribution in [1.82, 2.24) is 9.38 Å². The second-order valence-electron chi connectivity index (χ2n) is 9.18. The summed E-state index contributed by atoms with van der Waals surface area (Å²) in [7, 11) is 0. The van der Waals surface area contributed by atoms with Crippen LogP contribution in [-0.2, 0) is 11.4 Å². The van der Waals surface area contributed by atoms with Crippen molar-refractivity contribution < 1.29 is 14.3 Å². The number of carbonyl (C=O) groups excluding carboxylic acids is 2. The number of fused-ring (bicyclic) bond motifs is 1. The maximum absolute atomic E-state index is 12.7. The fourth-order valence-electron chi connectivity index (χ4n) is 4.47. The molecule has 2 aromatic heterocycles. The van der Waals surface area contributed by atoms with Crippen molar-refractivity contribution >= 4 is 28.8 Å². The molecule has 8 nitrogen and oxygen atoms in total. The number of hydrogen-bond acceptors (Lipinski definition) is 5. The van der Waals surface area contributed by atoms with Crippen LogP contribution in [0.4, 0.5) is 11.4 Å². The van der Waals surface area contributed by atoms with Crippen LogP contribution in [0.1, 0.15) is 34.5 Å². The third kappa shape index (κ3) is 5.33. The van der Waals surface area contributed by atoms with Gasteiger partial charge in [-0.25, -0.2) is 4.98 Å². The first kappa shape index (κ1) is 23.4. The van der Waals surface area contributed by atoms with E-state index < -0.39 is 0 Å². The lowest BCUT2D eigenvalue weighted by atomic mass is 9.96. The molecule has 8 heteroatoms. The molecule has 0 unspecified atom stereocenters. The number of primary amides is 1. The first-order valence-electron chi connectivity index (χ1n) is 12.1. The summed E-state index contributed by atoms with van der Waals surface area (Å²) in [6, 6.07) is 18.8. The van der Waals surface area contributed by atoms with Gasteiger partial charge in [0, 0.05) is 48.3 Å². The van der Waals surface area contributed by atoms with Crippen LogP contribution >= 0.6 is 0 Å². The van der Waals surface area contributed by atoms with Gasteiger partial charge in [-0.2, -0.15) is 0 Å². The Morgan fingerprint density at radius 3 is 2.42 bits per heavy atom. The number of anilines is 2. The number of piperidine rings is 1. The maximum atomic E-state index is 12.7. The number of aryl methyl sites for hydroxylation is 1. The molecule has 1 fully saturated rings. The number of nitrogens with one attached hydrogen (secondary N) is 1. The highest BCUT2D eigenvalue weighted by atomic mass is 16.5. The van der Waals surface area contributed by atoms with Crippen molar-refractivity contribution in [1.29, 1.82) is 0 Å². The lowest BCUT2D eigenvalue weighted by Crippen LogP contribution is -2.38. The molecule has 0 aliphatic carbocycles. The van der Waals surface area contributed by atoms with Crippen LogP contribution in [-0.4, -0.2) is 34.3 Å². The first-order chi connectivity index (χ1) is 17.4. The van der Waals surface area contributed by atoms with Crippen molar-refractivity contribution in [2.75, 3.05) is 23.3 Å². The monoisotopic (exact) mass is 483 g/mol. The Kier molecular flexibility index (Phi) is 6.58. The van der Waals surface area contributed by atoms with Crippen LogP contribution in [0, 0.1) is 12.8 Å². The molecule has 5 rings (SSSR count). The summed E-state index contributed by atoms with van der Waals surface area (Å²) in [5, 5.41) is 2.93. The lowest BCUT2D eigenvalue weighted by Gasteiger charge is -2.32. The van der Waals surface area contributed by atoms with E-state index in [1.54, 1.807) is 24.3 Å². The van der Waals surface area contributed by atoms with E-state index in [1.165, 1.54) is 5.56 Å². The SMILES string of the molecule is Cc1ccc2nc(COc3ccc(C(=O)Nc4ccc(N5CCC(C(N)=O)CC5)cc4)cc3)cn2c1. The van der Waals surface area contributed by atoms with Crippen molar-refractivity contribution in [3.8, 4) is 5.75 Å². The normalized spacial score (nSPS) is 14.1. The van der Waals surface area contributed by atoms with Gasteiger partial charge in [0.2, 0.25) is 5.91 Å². The van der Waals surface area contributed by atoms with E-state index in [-0.39, 0.29) is 17.7 Å². The van der Waals surface area contributed by atoms with Crippen molar-refractivity contribution in [3.05, 3.63) is 89.9 Å². The zero-order valence-electron chi connectivity index (χ0n) is 20.2. The molecule has 184 valence electrons. The molecule has 3 N–H and O–H groups in total. The van der Waals surface area contributed by atoms with Crippen LogP contribution < -0.4 is 20.7 Å². The maximum Gasteiger partial charge on any atom is 0.255 e. The van der Waals surface area contributed by atoms with E-state index in [4.69, 9.17) is 10.5 Å². The van der Waals surface area contributed by atoms with Gasteiger partial charge >= 0.3 is 0 Å². The van der Waals surface area contributed by atoms with Gasteiger partial charge in [-0.05, 0) is 79.9 Å². The van der Waals surface area contributed by atoms with E-state index in [2.05, 4.69) is 15.2 Å². The second kappa shape index (κ2) is 10.1. The first-order valence-corrected chi connectivity index (χ1v) is 12.1. The molecule has 2 amide bonds. The topological polar surface area (TPSA) is 102 Å². The number of nitrogens with two attached hydrogens (primary N) is 1. The molecule has 0 atom stereocenters. The molecule has 0 bridgehead atoms. The number of amides is 2. The molecule has 3 heterocycles. The Morgan fingerprint density at radius 1 is 1.00 bits per heavy atom. The average molecular weight is 484 g/mol. The summed E-state index contributed by atoms with van der Waals surface area (Å²) in [5.74, 6) is 0.234. The minimum absolute atomic E-state index is 0.0353. The van der Waals surface area contributed by atoms with Gasteiger partial charge in [0.05, 0.1) is 5.69 Å². The number of hydrogen-bond donors (Lipinski definition) is 2. The highest BCUT2D eigenvalue weighted by Crippen LogP contribution is 2.25. The Morgan fingerprint density at radius 2 is 1.72 bits per heavy atom. The van der Waals surface area contributed by atoms with Gasteiger partial charge in [0.15, 0.2) is 0 Å². The number of nitrogens with zero attached hydrogens (tertiary/aromatic N) is 3. The lowest BCUT2D eigenvalue weighted by molar-refractivity contribution is -0.122. The Balaban J connectivity index is 1.14. The Labute approximate surface area is 209 Å². The van der Waals surface area contributed by atoms with Gasteiger partial charge in [-0.1, -0.05) is 6.07 Å². The fourth-order valence-corrected chi connectivity index (χ4v) is 4.47. The zero-order chi connectivity index (χ0) is 25.1. The number of benzene rings is 2. The smallest absolute Gasteiger partial charge is 0.255 e. The van der Waals surface area contributed by atoms with Crippen LogP contribution in [0.25, 0.3) is 5.65 Å². The molecule has 0 saturated carbocycles. The van der Waals surface area contributed by atoms with Crippen LogP contribution in [0.3, 0.4) is 0 Å². The van der Waals surface area contributed by atoms with Gasteiger partial charge < -0.3 is 25.1 Å². The molecule has 1 aliphatic heterocycles. The summed E-state index contributed by atoms with van der Waals surface area (Å²) in [6.07, 6.45) is 5.53. The molecule has 1 aliphatic rings. The summed E-state index contributed by atoms with van der Waals surface area (Å²) in [6.45, 7) is 3.98. The highest BCUT2D eigenvalue weighted by Gasteiger charge is 2.23. The predicted molar refractivity (Wildman–Crippen MR) is 139 cm³/mol. The van der Waals surface area contributed by atoms with Crippen LogP contribution in [0.2, 0.25) is 0 Å². The number of carbonyl (C=O) groups is 2. The molecule has 2 aromatic carbocycles. The van der Waals surface area contributed by atoms with Gasteiger partial charge in [-0.15, -0.1) is 0 Å². The van der Waals surface area contributed by atoms with Crippen molar-refractivity contribution in [2.24, 2.45) is 11.7 Å². The molecule has 4 aromatic rings. The average Bonchev–Trinajstić information content (AvgIpc) is 3.30. The molecule has 0 radical (unpaired) electrons. The summed E-state index contributed by atoms with van der Waals surface area (Å²) in [4.78, 5) is 30.9. The predicted octanol–water partition coefficient (Wildman–Crippen LogP) is 4.18. The molecule has 1 saturated heterocycles. The zero-order valence-corrected chi connectivity index (χ0v) is 20.2. The van der Waals surface area contributed by atoms with Crippen LogP contribution in [0.15, 0.2) is 73.1 Å². The Hall–Kier alpha value is -4.33. The van der Waals surface area contributed by atoms with Crippen molar-refractivity contribution in [3.63, 3.8) is 0 Å². The quantitative estimate of drug-likeness (QED) is 0.411. The van der Waals surface area contributed by atoms with E-state index >= 15 is 0 Å². The fraction of sp³-hybridized carbons (Fsp3) is 0.250.